The first-order valence-corrected chi connectivity index (χ1v) is 7.40. The lowest BCUT2D eigenvalue weighted by Gasteiger charge is -2.07. The SMILES string of the molecule is CC(CCNc1nc2ccc(N)cc2o1)S(C)=O. The molecule has 98 valence electrons. The summed E-state index contributed by atoms with van der Waals surface area (Å²) in [5.41, 5.74) is 7.76. The van der Waals surface area contributed by atoms with Gasteiger partial charge in [0.15, 0.2) is 5.58 Å². The Morgan fingerprint density at radius 1 is 1.56 bits per heavy atom. The van der Waals surface area contributed by atoms with Gasteiger partial charge < -0.3 is 15.5 Å². The standard InChI is InChI=1S/C12H17N3O2S/c1-8(18(2)16)5-6-14-12-15-10-4-3-9(13)7-11(10)17-12/h3-4,7-8H,5-6,13H2,1-2H3,(H,14,15). The highest BCUT2D eigenvalue weighted by Gasteiger charge is 2.08. The topological polar surface area (TPSA) is 81.2 Å². The van der Waals surface area contributed by atoms with E-state index in [1.165, 1.54) is 0 Å². The van der Waals surface area contributed by atoms with Gasteiger partial charge >= 0.3 is 0 Å². The highest BCUT2D eigenvalue weighted by molar-refractivity contribution is 7.84. The molecule has 0 aliphatic heterocycles. The number of nitrogens with two attached hydrogens (primary N) is 1. The molecule has 0 bridgehead atoms. The summed E-state index contributed by atoms with van der Waals surface area (Å²) in [6.07, 6.45) is 2.52. The lowest BCUT2D eigenvalue weighted by atomic mass is 10.3. The van der Waals surface area contributed by atoms with Crippen molar-refractivity contribution in [1.82, 2.24) is 4.98 Å². The van der Waals surface area contributed by atoms with Gasteiger partial charge in [0.25, 0.3) is 6.01 Å². The number of nitrogens with one attached hydrogen (secondary N) is 1. The molecule has 1 aromatic heterocycles. The first-order chi connectivity index (χ1) is 8.56. The van der Waals surface area contributed by atoms with E-state index < -0.39 is 10.8 Å². The van der Waals surface area contributed by atoms with E-state index in [0.717, 1.165) is 11.9 Å². The van der Waals surface area contributed by atoms with E-state index in [0.29, 0.717) is 23.8 Å². The third kappa shape index (κ3) is 3.01. The zero-order chi connectivity index (χ0) is 13.1. The molecule has 2 aromatic rings. The van der Waals surface area contributed by atoms with E-state index in [-0.39, 0.29) is 5.25 Å². The fraction of sp³-hybridized carbons (Fsp3) is 0.417. The number of aromatic nitrogens is 1. The van der Waals surface area contributed by atoms with Crippen molar-refractivity contribution < 1.29 is 8.63 Å². The number of oxazole rings is 1. The van der Waals surface area contributed by atoms with E-state index in [2.05, 4.69) is 10.3 Å². The van der Waals surface area contributed by atoms with E-state index in [1.54, 1.807) is 18.4 Å². The van der Waals surface area contributed by atoms with Crippen molar-refractivity contribution in [3.05, 3.63) is 18.2 Å². The van der Waals surface area contributed by atoms with Gasteiger partial charge in [-0.15, -0.1) is 0 Å². The highest BCUT2D eigenvalue weighted by Crippen LogP contribution is 2.21. The Hall–Kier alpha value is -1.56. The van der Waals surface area contributed by atoms with Crippen LogP contribution in [0.25, 0.3) is 11.1 Å². The van der Waals surface area contributed by atoms with E-state index in [4.69, 9.17) is 10.2 Å². The van der Waals surface area contributed by atoms with Crippen LogP contribution in [-0.4, -0.2) is 27.2 Å². The second-order valence-corrected chi connectivity index (χ2v) is 6.07. The second kappa shape index (κ2) is 5.39. The molecule has 0 radical (unpaired) electrons. The molecule has 2 unspecified atom stereocenters. The number of hydrogen-bond acceptors (Lipinski definition) is 5. The molecule has 3 N–H and O–H groups in total. The van der Waals surface area contributed by atoms with Crippen LogP contribution in [0.2, 0.25) is 0 Å². The average Bonchev–Trinajstić information content (AvgIpc) is 2.70. The van der Waals surface area contributed by atoms with Crippen molar-refractivity contribution in [2.45, 2.75) is 18.6 Å². The molecule has 0 spiro atoms. The molecule has 0 amide bonds. The largest absolute Gasteiger partial charge is 0.423 e. The Labute approximate surface area is 108 Å². The number of anilines is 2. The molecule has 5 nitrogen and oxygen atoms in total. The summed E-state index contributed by atoms with van der Waals surface area (Å²) in [5.74, 6) is 0. The summed E-state index contributed by atoms with van der Waals surface area (Å²) in [5, 5.41) is 3.25. The first kappa shape index (κ1) is 12.9. The molecule has 0 fully saturated rings. The van der Waals surface area contributed by atoms with Gasteiger partial charge in [-0.2, -0.15) is 4.98 Å². The van der Waals surface area contributed by atoms with Gasteiger partial charge in [0.1, 0.15) is 5.52 Å². The average molecular weight is 267 g/mol. The number of fused-ring (bicyclic) bond motifs is 1. The van der Waals surface area contributed by atoms with Crippen LogP contribution in [0, 0.1) is 0 Å². The molecular weight excluding hydrogens is 250 g/mol. The smallest absolute Gasteiger partial charge is 0.295 e. The summed E-state index contributed by atoms with van der Waals surface area (Å²) in [6, 6.07) is 5.83. The quantitative estimate of drug-likeness (QED) is 0.810. The maximum Gasteiger partial charge on any atom is 0.295 e. The minimum Gasteiger partial charge on any atom is -0.423 e. The molecule has 2 rings (SSSR count). The Balaban J connectivity index is 1.98. The molecule has 1 aromatic carbocycles. The van der Waals surface area contributed by atoms with Gasteiger partial charge in [0.2, 0.25) is 0 Å². The number of rotatable bonds is 5. The zero-order valence-corrected chi connectivity index (χ0v) is 11.3. The van der Waals surface area contributed by atoms with Crippen LogP contribution in [-0.2, 0) is 10.8 Å². The minimum absolute atomic E-state index is 0.164. The van der Waals surface area contributed by atoms with Crippen molar-refractivity contribution in [1.29, 1.82) is 0 Å². The summed E-state index contributed by atoms with van der Waals surface area (Å²) in [7, 11) is -0.794. The van der Waals surface area contributed by atoms with Crippen LogP contribution in [0.4, 0.5) is 11.7 Å². The summed E-state index contributed by atoms with van der Waals surface area (Å²) < 4.78 is 16.7. The molecule has 0 aliphatic rings. The van der Waals surface area contributed by atoms with Crippen molar-refractivity contribution >= 4 is 33.6 Å². The fourth-order valence-electron chi connectivity index (χ4n) is 1.57. The third-order valence-electron chi connectivity index (χ3n) is 2.81. The molecule has 6 heteroatoms. The molecule has 0 aliphatic carbocycles. The van der Waals surface area contributed by atoms with Gasteiger partial charge in [-0.05, 0) is 18.6 Å². The Morgan fingerprint density at radius 2 is 2.33 bits per heavy atom. The zero-order valence-electron chi connectivity index (χ0n) is 10.5. The normalized spacial score (nSPS) is 14.6. The number of benzene rings is 1. The van der Waals surface area contributed by atoms with E-state index in [1.807, 2.05) is 13.0 Å². The lowest BCUT2D eigenvalue weighted by Crippen LogP contribution is -2.14. The predicted molar refractivity (Wildman–Crippen MR) is 75.1 cm³/mol. The minimum atomic E-state index is -0.794. The van der Waals surface area contributed by atoms with Crippen molar-refractivity contribution in [3.8, 4) is 0 Å². The van der Waals surface area contributed by atoms with Crippen molar-refractivity contribution in [2.24, 2.45) is 0 Å². The summed E-state index contributed by atoms with van der Waals surface area (Å²) in [4.78, 5) is 4.29. The molecule has 2 atom stereocenters. The fourth-order valence-corrected chi connectivity index (χ4v) is 2.01. The van der Waals surface area contributed by atoms with Crippen LogP contribution < -0.4 is 11.1 Å². The summed E-state index contributed by atoms with van der Waals surface area (Å²) >= 11 is 0. The van der Waals surface area contributed by atoms with Gasteiger partial charge in [0.05, 0.1) is 0 Å². The van der Waals surface area contributed by atoms with Crippen LogP contribution in [0.5, 0.6) is 0 Å². The predicted octanol–water partition coefficient (Wildman–Crippen LogP) is 1.98. The van der Waals surface area contributed by atoms with Crippen molar-refractivity contribution in [2.75, 3.05) is 23.9 Å². The molecular formula is C12H17N3O2S. The van der Waals surface area contributed by atoms with Crippen LogP contribution in [0.1, 0.15) is 13.3 Å². The lowest BCUT2D eigenvalue weighted by molar-refractivity contribution is 0.611. The van der Waals surface area contributed by atoms with E-state index >= 15 is 0 Å². The van der Waals surface area contributed by atoms with Gasteiger partial charge in [-0.1, -0.05) is 6.92 Å². The Bertz CT molecular complexity index is 567. The number of nitrogen functional groups attached to an aromatic ring is 1. The highest BCUT2D eigenvalue weighted by atomic mass is 32.2. The Morgan fingerprint density at radius 3 is 3.06 bits per heavy atom. The molecule has 0 saturated heterocycles. The van der Waals surface area contributed by atoms with Crippen LogP contribution in [0.3, 0.4) is 0 Å². The number of hydrogen-bond donors (Lipinski definition) is 2. The molecule has 18 heavy (non-hydrogen) atoms. The summed E-state index contributed by atoms with van der Waals surface area (Å²) in [6.45, 7) is 2.65. The van der Waals surface area contributed by atoms with E-state index in [9.17, 15) is 4.21 Å². The maximum absolute atomic E-state index is 11.2. The first-order valence-electron chi connectivity index (χ1n) is 5.78. The van der Waals surface area contributed by atoms with Gasteiger partial charge in [0, 0.05) is 40.6 Å². The van der Waals surface area contributed by atoms with Crippen LogP contribution in [0.15, 0.2) is 22.6 Å². The van der Waals surface area contributed by atoms with Crippen LogP contribution >= 0.6 is 0 Å². The monoisotopic (exact) mass is 267 g/mol. The maximum atomic E-state index is 11.2. The molecule has 0 saturated carbocycles. The van der Waals surface area contributed by atoms with Crippen molar-refractivity contribution in [3.63, 3.8) is 0 Å². The third-order valence-corrected chi connectivity index (χ3v) is 4.18. The van der Waals surface area contributed by atoms with Gasteiger partial charge in [-0.3, -0.25) is 4.21 Å². The second-order valence-electron chi connectivity index (χ2n) is 4.27. The molecule has 1 heterocycles. The Kier molecular flexibility index (Phi) is 3.86. The van der Waals surface area contributed by atoms with Gasteiger partial charge in [-0.25, -0.2) is 0 Å². The number of nitrogens with zero attached hydrogens (tertiary/aromatic N) is 1.